The highest BCUT2D eigenvalue weighted by molar-refractivity contribution is 9.10. The van der Waals surface area contributed by atoms with Gasteiger partial charge in [0, 0.05) is 4.47 Å². The van der Waals surface area contributed by atoms with Crippen molar-refractivity contribution in [2.24, 2.45) is 0 Å². The number of carboxylic acids is 1. The number of anilines is 1. The van der Waals surface area contributed by atoms with Crippen LogP contribution in [-0.4, -0.2) is 11.1 Å². The summed E-state index contributed by atoms with van der Waals surface area (Å²) in [6, 6.07) is 16.1. The van der Waals surface area contributed by atoms with Crippen molar-refractivity contribution in [3.05, 3.63) is 64.1 Å². The average Bonchev–Trinajstić information content (AvgIpc) is 2.48. The number of hydrogen-bond donors (Lipinski definition) is 2. The van der Waals surface area contributed by atoms with Crippen LogP contribution in [0.15, 0.2) is 53.0 Å². The third-order valence-electron chi connectivity index (χ3n) is 3.29. The fourth-order valence-corrected chi connectivity index (χ4v) is 2.49. The normalized spacial score (nSPS) is 13.0. The Kier molecular flexibility index (Phi) is 4.29. The molecule has 21 heavy (non-hydrogen) atoms. The zero-order valence-corrected chi connectivity index (χ0v) is 12.9. The van der Waals surface area contributed by atoms with E-state index in [1.807, 2.05) is 6.07 Å². The minimum absolute atomic E-state index is 0.376. The molecule has 2 aromatic rings. The van der Waals surface area contributed by atoms with Crippen LogP contribution in [0.1, 0.15) is 18.1 Å². The highest BCUT2D eigenvalue weighted by Gasteiger charge is 2.35. The van der Waals surface area contributed by atoms with Gasteiger partial charge >= 0.3 is 5.97 Å². The van der Waals surface area contributed by atoms with E-state index >= 15 is 0 Å². The van der Waals surface area contributed by atoms with Crippen molar-refractivity contribution in [2.75, 3.05) is 5.32 Å². The molecule has 106 valence electrons. The average molecular weight is 345 g/mol. The highest BCUT2D eigenvalue weighted by Crippen LogP contribution is 2.31. The Morgan fingerprint density at radius 2 is 1.90 bits per heavy atom. The third-order valence-corrected chi connectivity index (χ3v) is 3.95. The zero-order valence-electron chi connectivity index (χ0n) is 11.3. The van der Waals surface area contributed by atoms with E-state index in [-0.39, 0.29) is 0 Å². The second-order valence-electron chi connectivity index (χ2n) is 4.70. The molecule has 0 aliphatic heterocycles. The van der Waals surface area contributed by atoms with E-state index in [1.165, 1.54) is 0 Å². The van der Waals surface area contributed by atoms with Gasteiger partial charge in [-0.05, 0) is 40.5 Å². The van der Waals surface area contributed by atoms with Crippen LogP contribution in [0.25, 0.3) is 0 Å². The number of benzene rings is 2. The van der Waals surface area contributed by atoms with E-state index in [1.54, 1.807) is 49.4 Å². The van der Waals surface area contributed by atoms with E-state index in [0.717, 1.165) is 0 Å². The Morgan fingerprint density at radius 1 is 1.24 bits per heavy atom. The number of carboxylic acid groups (broad SMARTS) is 1. The first kappa shape index (κ1) is 15.1. The second kappa shape index (κ2) is 5.98. The maximum absolute atomic E-state index is 11.8. The van der Waals surface area contributed by atoms with Crippen molar-refractivity contribution in [2.45, 2.75) is 12.5 Å². The largest absolute Gasteiger partial charge is 0.479 e. The SMILES string of the molecule is CC(Nc1cccc(Br)c1C#N)(C(=O)O)c1ccccc1. The van der Waals surface area contributed by atoms with Crippen molar-refractivity contribution in [1.82, 2.24) is 0 Å². The molecule has 0 heterocycles. The zero-order chi connectivity index (χ0) is 15.5. The van der Waals surface area contributed by atoms with E-state index in [4.69, 9.17) is 0 Å². The lowest BCUT2D eigenvalue weighted by molar-refractivity contribution is -0.142. The first-order chi connectivity index (χ1) is 9.99. The van der Waals surface area contributed by atoms with Gasteiger partial charge in [0.15, 0.2) is 5.54 Å². The van der Waals surface area contributed by atoms with Crippen molar-refractivity contribution in [3.8, 4) is 6.07 Å². The minimum Gasteiger partial charge on any atom is -0.479 e. The number of nitrogens with zero attached hydrogens (tertiary/aromatic N) is 1. The van der Waals surface area contributed by atoms with Crippen molar-refractivity contribution < 1.29 is 9.90 Å². The monoisotopic (exact) mass is 344 g/mol. The van der Waals surface area contributed by atoms with Gasteiger partial charge in [-0.2, -0.15) is 5.26 Å². The van der Waals surface area contributed by atoms with Crippen LogP contribution in [0.3, 0.4) is 0 Å². The molecule has 4 nitrogen and oxygen atoms in total. The number of halogens is 1. The van der Waals surface area contributed by atoms with Gasteiger partial charge in [-0.1, -0.05) is 36.4 Å². The Morgan fingerprint density at radius 3 is 2.48 bits per heavy atom. The predicted molar refractivity (Wildman–Crippen MR) is 83.9 cm³/mol. The molecule has 0 spiro atoms. The van der Waals surface area contributed by atoms with Crippen LogP contribution >= 0.6 is 15.9 Å². The summed E-state index contributed by atoms with van der Waals surface area (Å²) in [6.07, 6.45) is 0. The molecule has 5 heteroatoms. The minimum atomic E-state index is -1.33. The summed E-state index contributed by atoms with van der Waals surface area (Å²) in [6.45, 7) is 1.58. The van der Waals surface area contributed by atoms with Crippen molar-refractivity contribution in [3.63, 3.8) is 0 Å². The summed E-state index contributed by atoms with van der Waals surface area (Å²) < 4.78 is 0.621. The quantitative estimate of drug-likeness (QED) is 0.886. The number of hydrogen-bond acceptors (Lipinski definition) is 3. The lowest BCUT2D eigenvalue weighted by Gasteiger charge is -2.28. The van der Waals surface area contributed by atoms with Gasteiger partial charge in [0.05, 0.1) is 11.3 Å². The van der Waals surface area contributed by atoms with Gasteiger partial charge in [-0.25, -0.2) is 4.79 Å². The van der Waals surface area contributed by atoms with Crippen LogP contribution in [0.4, 0.5) is 5.69 Å². The first-order valence-electron chi connectivity index (χ1n) is 6.25. The van der Waals surface area contributed by atoms with Gasteiger partial charge < -0.3 is 10.4 Å². The molecule has 2 N–H and O–H groups in total. The van der Waals surface area contributed by atoms with Gasteiger partial charge in [0.1, 0.15) is 6.07 Å². The summed E-state index contributed by atoms with van der Waals surface area (Å²) >= 11 is 3.30. The molecular weight excluding hydrogens is 332 g/mol. The summed E-state index contributed by atoms with van der Waals surface area (Å²) in [5, 5.41) is 21.8. The number of carbonyl (C=O) groups is 1. The fraction of sp³-hybridized carbons (Fsp3) is 0.125. The van der Waals surface area contributed by atoms with Gasteiger partial charge in [0.25, 0.3) is 0 Å². The molecule has 0 saturated heterocycles. The van der Waals surface area contributed by atoms with Crippen LogP contribution in [0.2, 0.25) is 0 Å². The lowest BCUT2D eigenvalue weighted by atomic mass is 9.91. The van der Waals surface area contributed by atoms with Crippen LogP contribution in [0.5, 0.6) is 0 Å². The van der Waals surface area contributed by atoms with Crippen LogP contribution in [-0.2, 0) is 10.3 Å². The molecule has 0 fully saturated rings. The van der Waals surface area contributed by atoms with Crippen molar-refractivity contribution >= 4 is 27.6 Å². The molecule has 2 aromatic carbocycles. The molecule has 2 rings (SSSR count). The van der Waals surface area contributed by atoms with E-state index in [9.17, 15) is 15.2 Å². The molecule has 0 bridgehead atoms. The molecule has 1 atom stereocenters. The standard InChI is InChI=1S/C16H13BrN2O2/c1-16(15(20)21,11-6-3-2-4-7-11)19-14-9-5-8-13(17)12(14)10-18/h2-9,19H,1H3,(H,20,21). The highest BCUT2D eigenvalue weighted by atomic mass is 79.9. The maximum atomic E-state index is 11.8. The molecule has 0 radical (unpaired) electrons. The smallest absolute Gasteiger partial charge is 0.333 e. The second-order valence-corrected chi connectivity index (χ2v) is 5.55. The van der Waals surface area contributed by atoms with E-state index < -0.39 is 11.5 Å². The molecule has 0 aliphatic rings. The Balaban J connectivity index is 2.51. The fourth-order valence-electron chi connectivity index (χ4n) is 2.03. The Bertz CT molecular complexity index is 710. The lowest BCUT2D eigenvalue weighted by Crippen LogP contribution is -2.40. The summed E-state index contributed by atoms with van der Waals surface area (Å²) in [5.74, 6) is -1.02. The maximum Gasteiger partial charge on any atom is 0.333 e. The number of rotatable bonds is 4. The van der Waals surface area contributed by atoms with Gasteiger partial charge in [0.2, 0.25) is 0 Å². The predicted octanol–water partition coefficient (Wildman–Crippen LogP) is 3.73. The third kappa shape index (κ3) is 2.91. The topological polar surface area (TPSA) is 73.1 Å². The molecular formula is C16H13BrN2O2. The number of nitriles is 1. The van der Waals surface area contributed by atoms with Gasteiger partial charge in [-0.3, -0.25) is 0 Å². The van der Waals surface area contributed by atoms with Crippen LogP contribution in [0, 0.1) is 11.3 Å². The first-order valence-corrected chi connectivity index (χ1v) is 7.04. The number of nitrogens with one attached hydrogen (secondary N) is 1. The molecule has 0 aromatic heterocycles. The Hall–Kier alpha value is -2.32. The Labute approximate surface area is 131 Å². The summed E-state index contributed by atoms with van der Waals surface area (Å²) in [7, 11) is 0. The van der Waals surface area contributed by atoms with E-state index in [0.29, 0.717) is 21.3 Å². The summed E-state index contributed by atoms with van der Waals surface area (Å²) in [5.41, 5.74) is 0.135. The molecule has 0 saturated carbocycles. The van der Waals surface area contributed by atoms with Crippen molar-refractivity contribution in [1.29, 1.82) is 5.26 Å². The van der Waals surface area contributed by atoms with Gasteiger partial charge in [-0.15, -0.1) is 0 Å². The summed E-state index contributed by atoms with van der Waals surface area (Å²) in [4.78, 5) is 11.8. The molecule has 0 aliphatic carbocycles. The van der Waals surface area contributed by atoms with E-state index in [2.05, 4.69) is 27.3 Å². The molecule has 0 amide bonds. The number of aliphatic carboxylic acids is 1. The van der Waals surface area contributed by atoms with Crippen LogP contribution < -0.4 is 5.32 Å². The molecule has 1 unspecified atom stereocenters.